The molecule has 1 aliphatic rings. The first-order valence-corrected chi connectivity index (χ1v) is 11.8. The summed E-state index contributed by atoms with van der Waals surface area (Å²) in [5, 5.41) is 8.10. The highest BCUT2D eigenvalue weighted by Crippen LogP contribution is 2.24. The van der Waals surface area contributed by atoms with Crippen molar-refractivity contribution in [2.24, 2.45) is 16.1 Å². The molecule has 2 aromatic carbocycles. The Kier molecular flexibility index (Phi) is 10.3. The number of rotatable bonds is 11. The molecule has 2 aromatic rings. The first-order chi connectivity index (χ1) is 18.0. The van der Waals surface area contributed by atoms with Gasteiger partial charge in [0.05, 0.1) is 47.4 Å². The number of nitrogens with one attached hydrogen (secondary N) is 2. The molecule has 0 aliphatic carbocycles. The Morgan fingerprint density at radius 1 is 0.838 bits per heavy atom. The van der Waals surface area contributed by atoms with Crippen molar-refractivity contribution in [3.63, 3.8) is 0 Å². The van der Waals surface area contributed by atoms with E-state index < -0.39 is 0 Å². The van der Waals surface area contributed by atoms with E-state index in [0.717, 1.165) is 5.56 Å². The van der Waals surface area contributed by atoms with Crippen LogP contribution in [0.15, 0.2) is 46.6 Å². The second-order valence-corrected chi connectivity index (χ2v) is 8.29. The minimum absolute atomic E-state index is 0.147. The number of hydrazone groups is 2. The second-order valence-electron chi connectivity index (χ2n) is 8.29. The molecule has 1 fully saturated rings. The highest BCUT2D eigenvalue weighted by molar-refractivity contribution is 5.87. The number of ether oxygens (including phenoxy) is 4. The lowest BCUT2D eigenvalue weighted by atomic mass is 9.96. The van der Waals surface area contributed by atoms with Gasteiger partial charge in [0.2, 0.25) is 5.91 Å². The molecule has 0 radical (unpaired) electrons. The molecule has 1 heterocycles. The fourth-order valence-electron chi connectivity index (χ4n) is 3.87. The molecule has 37 heavy (non-hydrogen) atoms. The molecular formula is C26H33N5O6. The number of hydrogen-bond acceptors (Lipinski definition) is 9. The van der Waals surface area contributed by atoms with Crippen LogP contribution < -0.4 is 29.8 Å². The van der Waals surface area contributed by atoms with Crippen LogP contribution >= 0.6 is 0 Å². The minimum atomic E-state index is -0.232. The van der Waals surface area contributed by atoms with Crippen molar-refractivity contribution in [2.45, 2.75) is 12.8 Å². The molecule has 0 saturated carbocycles. The second kappa shape index (κ2) is 13.8. The zero-order valence-electron chi connectivity index (χ0n) is 21.5. The number of carbonyl (C=O) groups is 2. The summed E-state index contributed by atoms with van der Waals surface area (Å²) in [7, 11) is 6.27. The van der Waals surface area contributed by atoms with Crippen LogP contribution in [-0.4, -0.2) is 77.2 Å². The van der Waals surface area contributed by atoms with Gasteiger partial charge in [-0.25, -0.2) is 10.9 Å². The van der Waals surface area contributed by atoms with Crippen molar-refractivity contribution in [3.05, 3.63) is 47.5 Å². The number of methoxy groups -OCH3 is 4. The fourth-order valence-corrected chi connectivity index (χ4v) is 3.87. The zero-order valence-corrected chi connectivity index (χ0v) is 21.5. The van der Waals surface area contributed by atoms with E-state index in [0.29, 0.717) is 54.5 Å². The smallest absolute Gasteiger partial charge is 0.254 e. The van der Waals surface area contributed by atoms with Crippen LogP contribution in [0.1, 0.15) is 24.0 Å². The molecule has 2 amide bonds. The fraction of sp³-hybridized carbons (Fsp3) is 0.385. The molecule has 11 heteroatoms. The lowest BCUT2D eigenvalue weighted by Crippen LogP contribution is -2.43. The predicted octanol–water partition coefficient (Wildman–Crippen LogP) is 2.03. The summed E-state index contributed by atoms with van der Waals surface area (Å²) < 4.78 is 21.0. The summed E-state index contributed by atoms with van der Waals surface area (Å²) in [6, 6.07) is 10.7. The molecule has 0 aromatic heterocycles. The Bertz CT molecular complexity index is 1130. The monoisotopic (exact) mass is 511 g/mol. The quantitative estimate of drug-likeness (QED) is 0.350. The van der Waals surface area contributed by atoms with Crippen LogP contribution in [0.3, 0.4) is 0 Å². The topological polar surface area (TPSA) is 123 Å². The van der Waals surface area contributed by atoms with Crippen LogP contribution in [0.25, 0.3) is 0 Å². The summed E-state index contributed by atoms with van der Waals surface area (Å²) in [6.45, 7) is 1.44. The van der Waals surface area contributed by atoms with Crippen molar-refractivity contribution >= 4 is 24.2 Å². The van der Waals surface area contributed by atoms with Gasteiger partial charge in [0.15, 0.2) is 0 Å². The zero-order chi connectivity index (χ0) is 26.6. The minimum Gasteiger partial charge on any atom is -0.497 e. The van der Waals surface area contributed by atoms with Gasteiger partial charge in [0.1, 0.15) is 23.0 Å². The maximum Gasteiger partial charge on any atom is 0.254 e. The predicted molar refractivity (Wildman–Crippen MR) is 140 cm³/mol. The summed E-state index contributed by atoms with van der Waals surface area (Å²) in [4.78, 5) is 26.8. The molecular weight excluding hydrogens is 478 g/mol. The van der Waals surface area contributed by atoms with E-state index in [1.54, 1.807) is 64.8 Å². The van der Waals surface area contributed by atoms with Gasteiger partial charge in [-0.15, -0.1) is 0 Å². The maximum absolute atomic E-state index is 12.5. The van der Waals surface area contributed by atoms with E-state index in [1.807, 2.05) is 4.90 Å². The van der Waals surface area contributed by atoms with Crippen LogP contribution in [0.2, 0.25) is 0 Å². The van der Waals surface area contributed by atoms with E-state index >= 15 is 0 Å². The lowest BCUT2D eigenvalue weighted by molar-refractivity contribution is -0.126. The molecule has 0 atom stereocenters. The van der Waals surface area contributed by atoms with Crippen molar-refractivity contribution in [1.29, 1.82) is 0 Å². The highest BCUT2D eigenvalue weighted by atomic mass is 16.5. The van der Waals surface area contributed by atoms with Gasteiger partial charge in [-0.2, -0.15) is 10.2 Å². The Morgan fingerprint density at radius 2 is 1.35 bits per heavy atom. The van der Waals surface area contributed by atoms with Gasteiger partial charge >= 0.3 is 0 Å². The summed E-state index contributed by atoms with van der Waals surface area (Å²) in [6.07, 6.45) is 4.33. The standard InChI is InChI=1S/C26H33N5O6/c1-34-21-7-5-19(23(13-21)36-3)15-27-29-25(32)17-31-11-9-18(10-12-31)26(33)30-28-16-20-6-8-22(35-2)14-24(20)37-4/h5-8,13-16,18H,9-12,17H2,1-4H3,(H,29,32)(H,30,33)/b27-15+,28-16-. The third kappa shape index (κ3) is 7.94. The van der Waals surface area contributed by atoms with Crippen LogP contribution in [0.4, 0.5) is 0 Å². The molecule has 2 N–H and O–H groups in total. The van der Waals surface area contributed by atoms with E-state index in [1.165, 1.54) is 12.4 Å². The number of hydrogen-bond donors (Lipinski definition) is 2. The van der Waals surface area contributed by atoms with Crippen LogP contribution in [-0.2, 0) is 9.59 Å². The van der Waals surface area contributed by atoms with E-state index in [4.69, 9.17) is 18.9 Å². The van der Waals surface area contributed by atoms with Gasteiger partial charge in [-0.1, -0.05) is 0 Å². The molecule has 1 aliphatic heterocycles. The number of likely N-dealkylation sites (tertiary alicyclic amines) is 1. The van der Waals surface area contributed by atoms with Crippen LogP contribution in [0.5, 0.6) is 23.0 Å². The van der Waals surface area contributed by atoms with Gasteiger partial charge in [-0.05, 0) is 50.2 Å². The van der Waals surface area contributed by atoms with Gasteiger partial charge in [-0.3, -0.25) is 14.5 Å². The SMILES string of the molecule is COc1ccc(/C=N\NC(=O)C2CCN(CC(=O)N/N=C/c3ccc(OC)cc3OC)CC2)c(OC)c1. The molecule has 11 nitrogen and oxygen atoms in total. The normalized spacial score (nSPS) is 14.5. The summed E-state index contributed by atoms with van der Waals surface area (Å²) in [5.41, 5.74) is 6.57. The molecule has 3 rings (SSSR count). The molecule has 198 valence electrons. The van der Waals surface area contributed by atoms with Gasteiger partial charge in [0, 0.05) is 29.2 Å². The van der Waals surface area contributed by atoms with E-state index in [9.17, 15) is 9.59 Å². The largest absolute Gasteiger partial charge is 0.497 e. The number of carbonyl (C=O) groups excluding carboxylic acids is 2. The van der Waals surface area contributed by atoms with Crippen molar-refractivity contribution in [1.82, 2.24) is 15.8 Å². The number of nitrogens with zero attached hydrogens (tertiary/aromatic N) is 3. The third-order valence-corrected chi connectivity index (χ3v) is 5.98. The number of piperidine rings is 1. The van der Waals surface area contributed by atoms with Crippen molar-refractivity contribution in [3.8, 4) is 23.0 Å². The average Bonchev–Trinajstić information content (AvgIpc) is 2.93. The van der Waals surface area contributed by atoms with Gasteiger partial charge in [0.25, 0.3) is 5.91 Å². The van der Waals surface area contributed by atoms with Gasteiger partial charge < -0.3 is 18.9 Å². The molecule has 1 saturated heterocycles. The first kappa shape index (κ1) is 27.5. The average molecular weight is 512 g/mol. The summed E-state index contributed by atoms with van der Waals surface area (Å²) in [5.74, 6) is 1.97. The number of amides is 2. The number of benzene rings is 2. The Morgan fingerprint density at radius 3 is 1.84 bits per heavy atom. The first-order valence-electron chi connectivity index (χ1n) is 11.8. The lowest BCUT2D eigenvalue weighted by Gasteiger charge is -2.30. The van der Waals surface area contributed by atoms with Crippen molar-refractivity contribution < 1.29 is 28.5 Å². The third-order valence-electron chi connectivity index (χ3n) is 5.98. The maximum atomic E-state index is 12.5. The van der Waals surface area contributed by atoms with Crippen molar-refractivity contribution in [2.75, 3.05) is 48.1 Å². The Labute approximate surface area is 216 Å². The van der Waals surface area contributed by atoms with E-state index in [2.05, 4.69) is 21.1 Å². The van der Waals surface area contributed by atoms with E-state index in [-0.39, 0.29) is 24.3 Å². The Balaban J connectivity index is 1.41. The van der Waals surface area contributed by atoms with Crippen LogP contribution in [0, 0.1) is 5.92 Å². The molecule has 0 unspecified atom stereocenters. The summed E-state index contributed by atoms with van der Waals surface area (Å²) >= 11 is 0. The molecule has 0 bridgehead atoms. The molecule has 0 spiro atoms. The highest BCUT2D eigenvalue weighted by Gasteiger charge is 2.25. The Hall–Kier alpha value is -4.12.